The molecule has 0 atom stereocenters. The standard InChI is InChI=1S/C22H33N3O3/c1-28-20-8-6-7-19(17-20)9-10-21(26)25-15-13-23(14-16-25)18-22(27)24-11-4-2-3-5-12-24/h6-8,17H,2-5,9-16,18H2,1H3. The summed E-state index contributed by atoms with van der Waals surface area (Å²) in [6.07, 6.45) is 5.97. The van der Waals surface area contributed by atoms with Crippen LogP contribution in [0, 0.1) is 0 Å². The maximum Gasteiger partial charge on any atom is 0.236 e. The number of hydrogen-bond donors (Lipinski definition) is 0. The fraction of sp³-hybridized carbons (Fsp3) is 0.636. The fourth-order valence-corrected chi connectivity index (χ4v) is 4.00. The van der Waals surface area contributed by atoms with Crippen molar-refractivity contribution in [2.75, 3.05) is 52.9 Å². The molecule has 2 amide bonds. The Morgan fingerprint density at radius 3 is 2.25 bits per heavy atom. The molecule has 0 radical (unpaired) electrons. The molecule has 0 saturated carbocycles. The fourth-order valence-electron chi connectivity index (χ4n) is 4.00. The number of methoxy groups -OCH3 is 1. The molecule has 2 saturated heterocycles. The summed E-state index contributed by atoms with van der Waals surface area (Å²) >= 11 is 0. The number of hydrogen-bond acceptors (Lipinski definition) is 4. The highest BCUT2D eigenvalue weighted by Gasteiger charge is 2.24. The Bertz CT molecular complexity index is 648. The summed E-state index contributed by atoms with van der Waals surface area (Å²) in [6.45, 7) is 5.29. The Balaban J connectivity index is 1.39. The molecule has 1 aromatic rings. The Morgan fingerprint density at radius 2 is 1.57 bits per heavy atom. The van der Waals surface area contributed by atoms with E-state index < -0.39 is 0 Å². The van der Waals surface area contributed by atoms with Crippen LogP contribution in [0.15, 0.2) is 24.3 Å². The van der Waals surface area contributed by atoms with Crippen LogP contribution in [0.1, 0.15) is 37.7 Å². The topological polar surface area (TPSA) is 53.1 Å². The second-order valence-electron chi connectivity index (χ2n) is 7.80. The van der Waals surface area contributed by atoms with E-state index >= 15 is 0 Å². The van der Waals surface area contributed by atoms with Crippen molar-refractivity contribution in [3.8, 4) is 5.75 Å². The van der Waals surface area contributed by atoms with Crippen LogP contribution in [0.25, 0.3) is 0 Å². The molecule has 2 aliphatic heterocycles. The summed E-state index contributed by atoms with van der Waals surface area (Å²) in [5, 5.41) is 0. The van der Waals surface area contributed by atoms with Gasteiger partial charge in [0.05, 0.1) is 13.7 Å². The predicted octanol–water partition coefficient (Wildman–Crippen LogP) is 2.17. The van der Waals surface area contributed by atoms with Gasteiger partial charge in [0.15, 0.2) is 0 Å². The molecule has 0 aliphatic carbocycles. The monoisotopic (exact) mass is 387 g/mol. The van der Waals surface area contributed by atoms with Crippen molar-refractivity contribution in [1.29, 1.82) is 0 Å². The molecule has 2 fully saturated rings. The van der Waals surface area contributed by atoms with Crippen LogP contribution in [-0.4, -0.2) is 79.4 Å². The lowest BCUT2D eigenvalue weighted by atomic mass is 10.1. The van der Waals surface area contributed by atoms with E-state index in [9.17, 15) is 9.59 Å². The average Bonchev–Trinajstić information content (AvgIpc) is 3.02. The van der Waals surface area contributed by atoms with Gasteiger partial charge in [-0.3, -0.25) is 14.5 Å². The van der Waals surface area contributed by atoms with Gasteiger partial charge in [0, 0.05) is 45.7 Å². The summed E-state index contributed by atoms with van der Waals surface area (Å²) in [6, 6.07) is 7.89. The number of ether oxygens (including phenoxy) is 1. The van der Waals surface area contributed by atoms with Crippen molar-refractivity contribution in [2.24, 2.45) is 0 Å². The van der Waals surface area contributed by atoms with Crippen molar-refractivity contribution in [3.05, 3.63) is 29.8 Å². The van der Waals surface area contributed by atoms with Crippen LogP contribution < -0.4 is 4.74 Å². The van der Waals surface area contributed by atoms with E-state index in [1.54, 1.807) is 7.11 Å². The second kappa shape index (κ2) is 10.5. The van der Waals surface area contributed by atoms with E-state index in [4.69, 9.17) is 4.74 Å². The number of amides is 2. The van der Waals surface area contributed by atoms with Gasteiger partial charge in [0.25, 0.3) is 0 Å². The molecule has 0 bridgehead atoms. The highest BCUT2D eigenvalue weighted by molar-refractivity contribution is 5.78. The lowest BCUT2D eigenvalue weighted by Gasteiger charge is -2.35. The van der Waals surface area contributed by atoms with Crippen LogP contribution in [0.4, 0.5) is 0 Å². The first-order chi connectivity index (χ1) is 13.7. The molecule has 6 nitrogen and oxygen atoms in total. The zero-order chi connectivity index (χ0) is 19.8. The molecular formula is C22H33N3O3. The van der Waals surface area contributed by atoms with Crippen molar-refractivity contribution in [1.82, 2.24) is 14.7 Å². The Hall–Kier alpha value is -2.08. The summed E-state index contributed by atoms with van der Waals surface area (Å²) in [5.74, 6) is 1.27. The third-order valence-electron chi connectivity index (χ3n) is 5.80. The zero-order valence-corrected chi connectivity index (χ0v) is 17.1. The van der Waals surface area contributed by atoms with E-state index in [2.05, 4.69) is 4.90 Å². The summed E-state index contributed by atoms with van der Waals surface area (Å²) in [7, 11) is 1.65. The van der Waals surface area contributed by atoms with E-state index in [1.807, 2.05) is 34.1 Å². The van der Waals surface area contributed by atoms with Crippen molar-refractivity contribution < 1.29 is 14.3 Å². The number of carbonyl (C=O) groups excluding carboxylic acids is 2. The number of nitrogens with zero attached hydrogens (tertiary/aromatic N) is 3. The van der Waals surface area contributed by atoms with Crippen LogP contribution >= 0.6 is 0 Å². The maximum atomic E-state index is 12.5. The zero-order valence-electron chi connectivity index (χ0n) is 17.1. The van der Waals surface area contributed by atoms with Crippen LogP contribution in [-0.2, 0) is 16.0 Å². The summed E-state index contributed by atoms with van der Waals surface area (Å²) < 4.78 is 5.24. The smallest absolute Gasteiger partial charge is 0.236 e. The normalized spacial score (nSPS) is 18.6. The van der Waals surface area contributed by atoms with E-state index in [0.29, 0.717) is 26.1 Å². The molecule has 154 valence electrons. The Kier molecular flexibility index (Phi) is 7.71. The Morgan fingerprint density at radius 1 is 0.893 bits per heavy atom. The minimum atomic E-state index is 0.196. The Labute approximate surface area is 168 Å². The highest BCUT2D eigenvalue weighted by atomic mass is 16.5. The highest BCUT2D eigenvalue weighted by Crippen LogP contribution is 2.15. The molecule has 1 aromatic carbocycles. The quantitative estimate of drug-likeness (QED) is 0.751. The average molecular weight is 388 g/mol. The second-order valence-corrected chi connectivity index (χ2v) is 7.80. The van der Waals surface area contributed by atoms with Gasteiger partial charge in [-0.25, -0.2) is 0 Å². The molecule has 3 rings (SSSR count). The maximum absolute atomic E-state index is 12.5. The van der Waals surface area contributed by atoms with Gasteiger partial charge in [-0.2, -0.15) is 0 Å². The predicted molar refractivity (Wildman–Crippen MR) is 109 cm³/mol. The molecule has 2 heterocycles. The molecule has 6 heteroatoms. The first-order valence-electron chi connectivity index (χ1n) is 10.6. The van der Waals surface area contributed by atoms with Gasteiger partial charge in [0.1, 0.15) is 5.75 Å². The van der Waals surface area contributed by atoms with Crippen LogP contribution in [0.2, 0.25) is 0 Å². The number of likely N-dealkylation sites (tertiary alicyclic amines) is 1. The number of piperazine rings is 1. The van der Waals surface area contributed by atoms with Gasteiger partial charge in [-0.05, 0) is 37.0 Å². The minimum absolute atomic E-state index is 0.196. The molecule has 28 heavy (non-hydrogen) atoms. The SMILES string of the molecule is COc1cccc(CCC(=O)N2CCN(CC(=O)N3CCCCCC3)CC2)c1. The first kappa shape index (κ1) is 20.6. The van der Waals surface area contributed by atoms with Crippen molar-refractivity contribution in [3.63, 3.8) is 0 Å². The van der Waals surface area contributed by atoms with Crippen LogP contribution in [0.3, 0.4) is 0 Å². The molecule has 0 unspecified atom stereocenters. The first-order valence-corrected chi connectivity index (χ1v) is 10.6. The van der Waals surface area contributed by atoms with Gasteiger partial charge < -0.3 is 14.5 Å². The van der Waals surface area contributed by atoms with Crippen LogP contribution in [0.5, 0.6) is 5.75 Å². The third-order valence-corrected chi connectivity index (χ3v) is 5.80. The van der Waals surface area contributed by atoms with Crippen molar-refractivity contribution >= 4 is 11.8 Å². The van der Waals surface area contributed by atoms with Crippen molar-refractivity contribution in [2.45, 2.75) is 38.5 Å². The molecule has 0 aromatic heterocycles. The lowest BCUT2D eigenvalue weighted by molar-refractivity contribution is -0.135. The minimum Gasteiger partial charge on any atom is -0.497 e. The van der Waals surface area contributed by atoms with E-state index in [1.165, 1.54) is 12.8 Å². The van der Waals surface area contributed by atoms with E-state index in [-0.39, 0.29) is 11.8 Å². The van der Waals surface area contributed by atoms with Gasteiger partial charge in [-0.15, -0.1) is 0 Å². The number of rotatable bonds is 6. The molecule has 2 aliphatic rings. The van der Waals surface area contributed by atoms with E-state index in [0.717, 1.165) is 56.8 Å². The molecular weight excluding hydrogens is 354 g/mol. The lowest BCUT2D eigenvalue weighted by Crippen LogP contribution is -2.51. The number of carbonyl (C=O) groups is 2. The largest absolute Gasteiger partial charge is 0.497 e. The number of aryl methyl sites for hydroxylation is 1. The molecule has 0 N–H and O–H groups in total. The third kappa shape index (κ3) is 5.96. The summed E-state index contributed by atoms with van der Waals surface area (Å²) in [4.78, 5) is 31.2. The summed E-state index contributed by atoms with van der Waals surface area (Å²) in [5.41, 5.74) is 1.12. The molecule has 0 spiro atoms. The van der Waals surface area contributed by atoms with Gasteiger partial charge >= 0.3 is 0 Å². The van der Waals surface area contributed by atoms with Gasteiger partial charge in [-0.1, -0.05) is 25.0 Å². The van der Waals surface area contributed by atoms with Gasteiger partial charge in [0.2, 0.25) is 11.8 Å². The number of benzene rings is 1.